The normalized spacial score (nSPS) is 14.0. The lowest BCUT2D eigenvalue weighted by Crippen LogP contribution is -1.95. The van der Waals surface area contributed by atoms with E-state index in [0.717, 1.165) is 33.4 Å². The molecule has 0 nitrogen and oxygen atoms in total. The first-order chi connectivity index (χ1) is 11.3. The molecule has 0 unspecified atom stereocenters. The van der Waals surface area contributed by atoms with Gasteiger partial charge < -0.3 is 0 Å². The van der Waals surface area contributed by atoms with E-state index in [2.05, 4.69) is 69.6 Å². The topological polar surface area (TPSA) is 0 Å². The van der Waals surface area contributed by atoms with E-state index in [1.165, 1.54) is 22.3 Å². The summed E-state index contributed by atoms with van der Waals surface area (Å²) < 4.78 is 0. The van der Waals surface area contributed by atoms with Crippen LogP contribution in [0.1, 0.15) is 53.1 Å². The Morgan fingerprint density at radius 3 is 1.58 bits per heavy atom. The molecule has 0 saturated carbocycles. The highest BCUT2D eigenvalue weighted by Gasteiger charge is 2.31. The van der Waals surface area contributed by atoms with Gasteiger partial charge >= 0.3 is 0 Å². The first-order valence-electron chi connectivity index (χ1n) is 8.26. The van der Waals surface area contributed by atoms with E-state index < -0.39 is 0 Å². The van der Waals surface area contributed by atoms with Crippen molar-refractivity contribution in [3.63, 3.8) is 0 Å². The maximum absolute atomic E-state index is 4.39. The molecular weight excluding hydrogens is 288 g/mol. The Labute approximate surface area is 145 Å². The zero-order chi connectivity index (χ0) is 17.6. The molecule has 1 aliphatic carbocycles. The number of allylic oxidation sites excluding steroid dienone is 4. The fourth-order valence-corrected chi connectivity index (χ4v) is 3.52. The van der Waals surface area contributed by atoms with Crippen molar-refractivity contribution < 1.29 is 0 Å². The third kappa shape index (κ3) is 2.49. The van der Waals surface area contributed by atoms with Gasteiger partial charge in [0.05, 0.1) is 0 Å². The number of rotatable bonds is 3. The molecule has 120 valence electrons. The highest BCUT2D eigenvalue weighted by atomic mass is 14.3. The van der Waals surface area contributed by atoms with Gasteiger partial charge in [0.25, 0.3) is 0 Å². The Kier molecular flexibility index (Phi) is 3.93. The Morgan fingerprint density at radius 2 is 1.21 bits per heavy atom. The fraction of sp³-hybridized carbons (Fsp3) is 0.167. The maximum atomic E-state index is 4.39. The van der Waals surface area contributed by atoms with Gasteiger partial charge in [0.2, 0.25) is 0 Å². The number of hydrogen-bond donors (Lipinski definition) is 0. The smallest absolute Gasteiger partial charge is 0.0340 e. The number of aryl methyl sites for hydroxylation is 1. The summed E-state index contributed by atoms with van der Waals surface area (Å²) in [4.78, 5) is 0. The first kappa shape index (κ1) is 16.3. The predicted octanol–water partition coefficient (Wildman–Crippen LogP) is 6.89. The van der Waals surface area contributed by atoms with Crippen LogP contribution in [0.5, 0.6) is 0 Å². The van der Waals surface area contributed by atoms with Crippen LogP contribution in [0.25, 0.3) is 22.3 Å². The monoisotopic (exact) mass is 312 g/mol. The average Bonchev–Trinajstić information content (AvgIpc) is 2.78. The lowest BCUT2D eigenvalue weighted by Gasteiger charge is -2.14. The Morgan fingerprint density at radius 1 is 0.792 bits per heavy atom. The van der Waals surface area contributed by atoms with E-state index in [9.17, 15) is 0 Å². The minimum Gasteiger partial charge on any atom is -0.0955 e. The molecule has 2 aromatic carbocycles. The van der Waals surface area contributed by atoms with E-state index in [1.807, 2.05) is 13.8 Å². The van der Waals surface area contributed by atoms with Crippen LogP contribution in [0.3, 0.4) is 0 Å². The summed E-state index contributed by atoms with van der Waals surface area (Å²) in [5, 5.41) is 0. The van der Waals surface area contributed by atoms with Crippen LogP contribution >= 0.6 is 0 Å². The maximum Gasteiger partial charge on any atom is 0.0340 e. The zero-order valence-corrected chi connectivity index (χ0v) is 14.9. The molecule has 0 saturated heterocycles. The van der Waals surface area contributed by atoms with Crippen LogP contribution in [0, 0.1) is 6.92 Å². The van der Waals surface area contributed by atoms with Crippen molar-refractivity contribution in [3.05, 3.63) is 96.1 Å². The minimum atomic E-state index is 0.152. The molecule has 1 aliphatic rings. The highest BCUT2D eigenvalue weighted by Crippen LogP contribution is 2.50. The van der Waals surface area contributed by atoms with Gasteiger partial charge in [-0.2, -0.15) is 0 Å². The summed E-state index contributed by atoms with van der Waals surface area (Å²) in [5.74, 6) is 0.152. The number of fused-ring (bicyclic) bond motifs is 1. The zero-order valence-electron chi connectivity index (χ0n) is 14.9. The van der Waals surface area contributed by atoms with Gasteiger partial charge in [-0.25, -0.2) is 0 Å². The van der Waals surface area contributed by atoms with Crippen molar-refractivity contribution in [2.45, 2.75) is 26.7 Å². The molecule has 3 rings (SSSR count). The van der Waals surface area contributed by atoms with Gasteiger partial charge in [-0.1, -0.05) is 67.3 Å². The Balaban J connectivity index is 2.17. The molecule has 0 heterocycles. The summed E-state index contributed by atoms with van der Waals surface area (Å²) in [7, 11) is 0. The van der Waals surface area contributed by atoms with E-state index in [0.29, 0.717) is 0 Å². The summed E-state index contributed by atoms with van der Waals surface area (Å²) in [6.45, 7) is 23.2. The van der Waals surface area contributed by atoms with Gasteiger partial charge in [-0.05, 0) is 71.9 Å². The van der Waals surface area contributed by atoms with Crippen molar-refractivity contribution in [3.8, 4) is 0 Å². The fourth-order valence-electron chi connectivity index (χ4n) is 3.52. The van der Waals surface area contributed by atoms with Gasteiger partial charge in [0.1, 0.15) is 0 Å². The molecule has 0 bridgehead atoms. The summed E-state index contributed by atoms with van der Waals surface area (Å²) in [6, 6.07) is 13.1. The first-order valence-corrected chi connectivity index (χ1v) is 8.26. The average molecular weight is 312 g/mol. The van der Waals surface area contributed by atoms with Gasteiger partial charge in [-0.3, -0.25) is 0 Å². The van der Waals surface area contributed by atoms with Crippen molar-refractivity contribution in [1.29, 1.82) is 0 Å². The van der Waals surface area contributed by atoms with E-state index in [-0.39, 0.29) is 5.92 Å². The van der Waals surface area contributed by atoms with Crippen LogP contribution in [0.15, 0.2) is 62.7 Å². The van der Waals surface area contributed by atoms with E-state index >= 15 is 0 Å². The number of benzene rings is 2. The molecule has 0 heteroatoms. The molecule has 2 aromatic rings. The molecule has 0 aliphatic heterocycles. The number of hydrogen-bond acceptors (Lipinski definition) is 0. The lowest BCUT2D eigenvalue weighted by molar-refractivity contribution is 1.16. The third-order valence-electron chi connectivity index (χ3n) is 4.88. The Bertz CT molecular complexity index is 835. The lowest BCUT2D eigenvalue weighted by atomic mass is 9.89. The van der Waals surface area contributed by atoms with E-state index in [4.69, 9.17) is 0 Å². The second-order valence-electron chi connectivity index (χ2n) is 6.90. The summed E-state index contributed by atoms with van der Waals surface area (Å²) >= 11 is 0. The quantitative estimate of drug-likeness (QED) is 0.579. The van der Waals surface area contributed by atoms with Gasteiger partial charge in [0.15, 0.2) is 0 Å². The predicted molar refractivity (Wildman–Crippen MR) is 108 cm³/mol. The van der Waals surface area contributed by atoms with Gasteiger partial charge in [-0.15, -0.1) is 0 Å². The van der Waals surface area contributed by atoms with E-state index in [1.54, 1.807) is 0 Å². The van der Waals surface area contributed by atoms with Crippen molar-refractivity contribution in [2.75, 3.05) is 0 Å². The minimum absolute atomic E-state index is 0.152. The van der Waals surface area contributed by atoms with Crippen LogP contribution < -0.4 is 0 Å². The molecule has 0 amide bonds. The summed E-state index contributed by atoms with van der Waals surface area (Å²) in [6.07, 6.45) is 0. The van der Waals surface area contributed by atoms with Crippen LogP contribution in [0.2, 0.25) is 0 Å². The molecule has 0 N–H and O–H groups in total. The Hall–Kier alpha value is -2.60. The third-order valence-corrected chi connectivity index (χ3v) is 4.88. The van der Waals surface area contributed by atoms with Crippen molar-refractivity contribution >= 4 is 22.3 Å². The molecule has 0 atom stereocenters. The van der Waals surface area contributed by atoms with Gasteiger partial charge in [0, 0.05) is 5.92 Å². The second-order valence-corrected chi connectivity index (χ2v) is 6.90. The molecule has 0 spiro atoms. The van der Waals surface area contributed by atoms with Crippen molar-refractivity contribution in [2.24, 2.45) is 0 Å². The largest absolute Gasteiger partial charge is 0.0955 e. The molecule has 24 heavy (non-hydrogen) atoms. The highest BCUT2D eigenvalue weighted by molar-refractivity contribution is 5.99. The summed E-state index contributed by atoms with van der Waals surface area (Å²) in [5.41, 5.74) is 11.5. The van der Waals surface area contributed by atoms with Crippen LogP contribution in [-0.2, 0) is 0 Å². The van der Waals surface area contributed by atoms with Crippen LogP contribution in [0.4, 0.5) is 0 Å². The second kappa shape index (κ2) is 5.79. The molecule has 0 fully saturated rings. The molecule has 0 radical (unpaired) electrons. The standard InChI is InChI=1S/C24H24/c1-14(2)20-12-22-17(6)24(19-10-8-16(5)9-11-19)18(7)23(22)13-21(20)15(3)4/h8-13,24H,1,3,6-7H2,2,4-5H3. The van der Waals surface area contributed by atoms with Crippen LogP contribution in [-0.4, -0.2) is 0 Å². The molecular formula is C24H24. The van der Waals surface area contributed by atoms with Crippen molar-refractivity contribution in [1.82, 2.24) is 0 Å². The molecule has 0 aromatic heterocycles. The SMILES string of the molecule is C=C(C)c1cc2c(cc1C(=C)C)C(=C)C(c1ccc(C)cc1)C2=C.